The molecule has 0 amide bonds. The lowest BCUT2D eigenvalue weighted by Gasteiger charge is -2.20. The Morgan fingerprint density at radius 3 is 2.33 bits per heavy atom. The molecule has 0 atom stereocenters. The first kappa shape index (κ1) is 11.6. The van der Waals surface area contributed by atoms with E-state index in [2.05, 4.69) is 0 Å². The molecule has 0 aliphatic heterocycles. The van der Waals surface area contributed by atoms with Crippen LogP contribution >= 0.6 is 0 Å². The molecular weight excluding hydrogens is 191 g/mol. The number of nitrogens with two attached hydrogens (primary N) is 1. The van der Waals surface area contributed by atoms with Crippen LogP contribution in [0.25, 0.3) is 0 Å². The van der Waals surface area contributed by atoms with Crippen molar-refractivity contribution in [2.24, 2.45) is 0 Å². The van der Waals surface area contributed by atoms with Crippen molar-refractivity contribution in [2.75, 3.05) is 5.73 Å². The Morgan fingerprint density at radius 1 is 1.40 bits per heavy atom. The van der Waals surface area contributed by atoms with Gasteiger partial charge in [-0.3, -0.25) is 10.1 Å². The van der Waals surface area contributed by atoms with Crippen LogP contribution in [-0.4, -0.2) is 12.8 Å². The molecule has 4 nitrogen and oxygen atoms in total. The van der Waals surface area contributed by atoms with E-state index >= 15 is 0 Å². The average molecular weight is 204 g/mol. The molecule has 1 aromatic rings. The second kappa shape index (κ2) is 3.57. The molecule has 15 heavy (non-hydrogen) atoms. The van der Waals surface area contributed by atoms with E-state index in [1.807, 2.05) is 20.8 Å². The van der Waals surface area contributed by atoms with Crippen LogP contribution in [0.3, 0.4) is 0 Å². The van der Waals surface area contributed by atoms with E-state index in [0.717, 1.165) is 5.56 Å². The molecule has 0 fully saturated rings. The number of nitrogens with zero attached hydrogens (tertiary/aromatic N) is 1. The van der Waals surface area contributed by atoms with Gasteiger partial charge in [-0.1, -0.05) is 32.3 Å². The highest BCUT2D eigenvalue weighted by atomic mass is 16.6. The second-order valence-electron chi connectivity index (χ2n) is 4.51. The predicted molar refractivity (Wildman–Crippen MR) is 61.6 cm³/mol. The summed E-state index contributed by atoms with van der Waals surface area (Å²) in [5.74, 6) is 0. The SMILES string of the molecule is [B]c1cc(C(C)(C)C)cc([N+](=O)[O-])c1N. The summed E-state index contributed by atoms with van der Waals surface area (Å²) in [7, 11) is 5.63. The van der Waals surface area contributed by atoms with Crippen LogP contribution in [0.2, 0.25) is 0 Å². The van der Waals surface area contributed by atoms with Crippen molar-refractivity contribution >= 4 is 24.7 Å². The molecule has 78 valence electrons. The summed E-state index contributed by atoms with van der Waals surface area (Å²) >= 11 is 0. The van der Waals surface area contributed by atoms with Gasteiger partial charge in [-0.15, -0.1) is 0 Å². The van der Waals surface area contributed by atoms with Crippen molar-refractivity contribution in [2.45, 2.75) is 26.2 Å². The van der Waals surface area contributed by atoms with E-state index in [0.29, 0.717) is 0 Å². The van der Waals surface area contributed by atoms with Crippen molar-refractivity contribution in [3.63, 3.8) is 0 Å². The van der Waals surface area contributed by atoms with Crippen LogP contribution in [-0.2, 0) is 5.41 Å². The molecule has 0 saturated carbocycles. The van der Waals surface area contributed by atoms with Crippen molar-refractivity contribution in [3.8, 4) is 0 Å². The number of nitrogen functional groups attached to an aromatic ring is 1. The number of nitro benzene ring substituents is 1. The number of anilines is 1. The van der Waals surface area contributed by atoms with E-state index < -0.39 is 4.92 Å². The Hall–Kier alpha value is -1.52. The smallest absolute Gasteiger partial charge is 0.291 e. The highest BCUT2D eigenvalue weighted by molar-refractivity contribution is 6.36. The minimum atomic E-state index is -0.513. The number of hydrogen-bond acceptors (Lipinski definition) is 3. The topological polar surface area (TPSA) is 69.2 Å². The van der Waals surface area contributed by atoms with Gasteiger partial charge in [0.15, 0.2) is 0 Å². The quantitative estimate of drug-likeness (QED) is 0.324. The Bertz CT molecular complexity index is 411. The van der Waals surface area contributed by atoms with E-state index in [-0.39, 0.29) is 22.3 Å². The van der Waals surface area contributed by atoms with E-state index in [1.54, 1.807) is 6.07 Å². The highest BCUT2D eigenvalue weighted by Crippen LogP contribution is 2.28. The second-order valence-corrected chi connectivity index (χ2v) is 4.51. The van der Waals surface area contributed by atoms with Crippen molar-refractivity contribution < 1.29 is 4.92 Å². The Balaban J connectivity index is 3.43. The molecule has 2 N–H and O–H groups in total. The van der Waals surface area contributed by atoms with E-state index in [4.69, 9.17) is 13.6 Å². The summed E-state index contributed by atoms with van der Waals surface area (Å²) < 4.78 is 0. The van der Waals surface area contributed by atoms with Gasteiger partial charge < -0.3 is 5.73 Å². The van der Waals surface area contributed by atoms with Gasteiger partial charge in [-0.2, -0.15) is 0 Å². The monoisotopic (exact) mass is 204 g/mol. The van der Waals surface area contributed by atoms with Crippen molar-refractivity contribution in [1.82, 2.24) is 0 Å². The van der Waals surface area contributed by atoms with Crippen LogP contribution in [0, 0.1) is 10.1 Å². The molecule has 0 heterocycles. The van der Waals surface area contributed by atoms with Gasteiger partial charge in [0.05, 0.1) is 4.92 Å². The lowest BCUT2D eigenvalue weighted by Crippen LogP contribution is -2.19. The summed E-state index contributed by atoms with van der Waals surface area (Å²) in [5.41, 5.74) is 6.32. The molecule has 0 bridgehead atoms. The highest BCUT2D eigenvalue weighted by Gasteiger charge is 2.21. The van der Waals surface area contributed by atoms with Gasteiger partial charge in [0.2, 0.25) is 0 Å². The third kappa shape index (κ3) is 2.29. The number of rotatable bonds is 1. The van der Waals surface area contributed by atoms with Crippen LogP contribution in [0.4, 0.5) is 11.4 Å². The standard InChI is InChI=1S/C10H13BN2O2/c1-10(2,3)6-4-7(11)9(12)8(5-6)13(14)15/h4-5H,12H2,1-3H3. The van der Waals surface area contributed by atoms with Gasteiger partial charge in [0.25, 0.3) is 5.69 Å². The molecule has 0 spiro atoms. The van der Waals surface area contributed by atoms with Gasteiger partial charge in [0.1, 0.15) is 13.5 Å². The van der Waals surface area contributed by atoms with Crippen LogP contribution in [0.5, 0.6) is 0 Å². The zero-order valence-electron chi connectivity index (χ0n) is 9.07. The molecule has 0 aliphatic rings. The third-order valence-electron chi connectivity index (χ3n) is 2.25. The first-order valence-electron chi connectivity index (χ1n) is 4.57. The molecule has 0 saturated heterocycles. The Kier molecular flexibility index (Phi) is 2.75. The van der Waals surface area contributed by atoms with Gasteiger partial charge in [-0.25, -0.2) is 0 Å². The van der Waals surface area contributed by atoms with Gasteiger partial charge >= 0.3 is 0 Å². The molecule has 2 radical (unpaired) electrons. The summed E-state index contributed by atoms with van der Waals surface area (Å²) in [5, 5.41) is 10.7. The molecule has 1 aromatic carbocycles. The summed E-state index contributed by atoms with van der Waals surface area (Å²) in [6, 6.07) is 3.16. The summed E-state index contributed by atoms with van der Waals surface area (Å²) in [4.78, 5) is 10.2. The Labute approximate surface area is 90.0 Å². The van der Waals surface area contributed by atoms with Crippen molar-refractivity contribution in [1.29, 1.82) is 0 Å². The van der Waals surface area contributed by atoms with Crippen LogP contribution < -0.4 is 11.2 Å². The van der Waals surface area contributed by atoms with E-state index in [1.165, 1.54) is 6.07 Å². The predicted octanol–water partition coefficient (Wildman–Crippen LogP) is 1.27. The fraction of sp³-hybridized carbons (Fsp3) is 0.400. The lowest BCUT2D eigenvalue weighted by atomic mass is 9.82. The third-order valence-corrected chi connectivity index (χ3v) is 2.25. The maximum Gasteiger partial charge on any atom is 0.291 e. The van der Waals surface area contributed by atoms with Gasteiger partial charge in [0, 0.05) is 6.07 Å². The molecule has 0 aliphatic carbocycles. The molecular formula is C10H13BN2O2. The first-order valence-corrected chi connectivity index (χ1v) is 4.57. The maximum atomic E-state index is 10.7. The van der Waals surface area contributed by atoms with Crippen LogP contribution in [0.1, 0.15) is 26.3 Å². The zero-order chi connectivity index (χ0) is 11.8. The number of hydrogen-bond donors (Lipinski definition) is 1. The average Bonchev–Trinajstić information content (AvgIpc) is 2.06. The zero-order valence-corrected chi connectivity index (χ0v) is 9.07. The minimum absolute atomic E-state index is 0.0352. The van der Waals surface area contributed by atoms with Crippen molar-refractivity contribution in [3.05, 3.63) is 27.8 Å². The fourth-order valence-electron chi connectivity index (χ4n) is 1.24. The summed E-state index contributed by atoms with van der Waals surface area (Å²) in [6.45, 7) is 5.88. The van der Waals surface area contributed by atoms with E-state index in [9.17, 15) is 10.1 Å². The molecule has 0 aromatic heterocycles. The normalized spacial score (nSPS) is 11.4. The largest absolute Gasteiger partial charge is 0.394 e. The summed E-state index contributed by atoms with van der Waals surface area (Å²) in [6.07, 6.45) is 0. The first-order chi connectivity index (χ1) is 6.73. The minimum Gasteiger partial charge on any atom is -0.394 e. The number of nitro groups is 1. The fourth-order valence-corrected chi connectivity index (χ4v) is 1.24. The molecule has 0 unspecified atom stereocenters. The lowest BCUT2D eigenvalue weighted by molar-refractivity contribution is -0.383. The molecule has 5 heteroatoms. The van der Waals surface area contributed by atoms with Crippen LogP contribution in [0.15, 0.2) is 12.1 Å². The van der Waals surface area contributed by atoms with Gasteiger partial charge in [-0.05, 0) is 11.0 Å². The Morgan fingerprint density at radius 2 is 1.93 bits per heavy atom. The molecule has 1 rings (SSSR count). The number of benzene rings is 1. The maximum absolute atomic E-state index is 10.7.